The summed E-state index contributed by atoms with van der Waals surface area (Å²) >= 11 is 0. The van der Waals surface area contributed by atoms with E-state index in [1.807, 2.05) is 18.2 Å². The van der Waals surface area contributed by atoms with Crippen molar-refractivity contribution in [1.29, 1.82) is 0 Å². The first-order valence-corrected chi connectivity index (χ1v) is 8.58. The molecular formula is C14H14N2O4S. The van der Waals surface area contributed by atoms with Crippen LogP contribution in [-0.4, -0.2) is 37.7 Å². The molecule has 0 bridgehead atoms. The van der Waals surface area contributed by atoms with Gasteiger partial charge in [0.1, 0.15) is 5.82 Å². The molecule has 6 nitrogen and oxygen atoms in total. The zero-order valence-electron chi connectivity index (χ0n) is 11.2. The fourth-order valence-corrected chi connectivity index (χ4v) is 4.45. The van der Waals surface area contributed by atoms with Crippen molar-refractivity contribution in [2.24, 2.45) is 0 Å². The third-order valence-electron chi connectivity index (χ3n) is 3.83. The molecule has 2 aliphatic rings. The van der Waals surface area contributed by atoms with Crippen molar-refractivity contribution in [3.8, 4) is 11.5 Å². The molecule has 0 amide bonds. The van der Waals surface area contributed by atoms with Gasteiger partial charge in [0.25, 0.3) is 0 Å². The van der Waals surface area contributed by atoms with Crippen molar-refractivity contribution in [2.75, 3.05) is 23.6 Å². The summed E-state index contributed by atoms with van der Waals surface area (Å²) in [5.41, 5.74) is 0. The van der Waals surface area contributed by atoms with Crippen LogP contribution < -0.4 is 14.8 Å². The highest BCUT2D eigenvalue weighted by atomic mass is 32.2. The monoisotopic (exact) mass is 306 g/mol. The lowest BCUT2D eigenvalue weighted by Gasteiger charge is -2.13. The highest BCUT2D eigenvalue weighted by molar-refractivity contribution is 7.91. The maximum atomic E-state index is 11.6. The summed E-state index contributed by atoms with van der Waals surface area (Å²) in [6.07, 6.45) is 2.32. The lowest BCUT2D eigenvalue weighted by Crippen LogP contribution is -2.21. The van der Waals surface area contributed by atoms with E-state index in [-0.39, 0.29) is 24.3 Å². The molecule has 110 valence electrons. The molecule has 0 saturated carbocycles. The van der Waals surface area contributed by atoms with E-state index in [9.17, 15) is 8.42 Å². The first-order valence-electron chi connectivity index (χ1n) is 6.76. The summed E-state index contributed by atoms with van der Waals surface area (Å²) in [6.45, 7) is 0.225. The zero-order valence-corrected chi connectivity index (χ0v) is 12.0. The topological polar surface area (TPSA) is 77.5 Å². The highest BCUT2D eigenvalue weighted by Gasteiger charge is 2.28. The van der Waals surface area contributed by atoms with Gasteiger partial charge in [-0.2, -0.15) is 0 Å². The smallest absolute Gasteiger partial charge is 0.231 e. The largest absolute Gasteiger partial charge is 0.454 e. The van der Waals surface area contributed by atoms with Crippen LogP contribution in [0.25, 0.3) is 10.8 Å². The number of pyridine rings is 1. The molecule has 7 heteroatoms. The molecule has 1 N–H and O–H groups in total. The lowest BCUT2D eigenvalue weighted by molar-refractivity contribution is 0.174. The number of benzene rings is 1. The SMILES string of the molecule is O=S1(=O)CCC(Nc2nccc3cc4c(cc23)OCO4)C1. The Morgan fingerprint density at radius 1 is 1.24 bits per heavy atom. The Hall–Kier alpha value is -2.02. The first kappa shape index (κ1) is 12.7. The van der Waals surface area contributed by atoms with Gasteiger partial charge >= 0.3 is 0 Å². The van der Waals surface area contributed by atoms with E-state index in [4.69, 9.17) is 9.47 Å². The van der Waals surface area contributed by atoms with E-state index >= 15 is 0 Å². The van der Waals surface area contributed by atoms with Crippen LogP contribution in [0.2, 0.25) is 0 Å². The van der Waals surface area contributed by atoms with Crippen molar-refractivity contribution in [2.45, 2.75) is 12.5 Å². The van der Waals surface area contributed by atoms with Crippen LogP contribution in [0.3, 0.4) is 0 Å². The summed E-state index contributed by atoms with van der Waals surface area (Å²) in [5, 5.41) is 5.14. The molecule has 1 fully saturated rings. The standard InChI is InChI=1S/C14H14N2O4S/c17-21(18)4-2-10(7-21)16-14-11-6-13-12(19-8-20-13)5-9(11)1-3-15-14/h1,3,5-6,10H,2,4,7-8H2,(H,15,16). The van der Waals surface area contributed by atoms with Crippen molar-refractivity contribution in [3.63, 3.8) is 0 Å². The molecule has 21 heavy (non-hydrogen) atoms. The van der Waals surface area contributed by atoms with Gasteiger partial charge in [0.05, 0.1) is 11.5 Å². The van der Waals surface area contributed by atoms with E-state index in [2.05, 4.69) is 10.3 Å². The average Bonchev–Trinajstić information content (AvgIpc) is 3.02. The Morgan fingerprint density at radius 3 is 2.81 bits per heavy atom. The molecule has 2 aromatic rings. The van der Waals surface area contributed by atoms with Gasteiger partial charge in [-0.05, 0) is 30.0 Å². The van der Waals surface area contributed by atoms with Crippen LogP contribution in [0.15, 0.2) is 24.4 Å². The molecular weight excluding hydrogens is 292 g/mol. The fraction of sp³-hybridized carbons (Fsp3) is 0.357. The van der Waals surface area contributed by atoms with Gasteiger partial charge in [0.2, 0.25) is 6.79 Å². The predicted molar refractivity (Wildman–Crippen MR) is 78.5 cm³/mol. The fourth-order valence-electron chi connectivity index (χ4n) is 2.78. The summed E-state index contributed by atoms with van der Waals surface area (Å²) in [4.78, 5) is 4.34. The molecule has 0 spiro atoms. The maximum absolute atomic E-state index is 11.6. The van der Waals surface area contributed by atoms with Gasteiger partial charge in [0.15, 0.2) is 21.3 Å². The van der Waals surface area contributed by atoms with Crippen LogP contribution in [-0.2, 0) is 9.84 Å². The summed E-state index contributed by atoms with van der Waals surface area (Å²) in [7, 11) is -2.91. The van der Waals surface area contributed by atoms with E-state index in [1.165, 1.54) is 0 Å². The minimum atomic E-state index is -2.91. The number of sulfone groups is 1. The number of aromatic nitrogens is 1. The van der Waals surface area contributed by atoms with Crippen LogP contribution in [0.5, 0.6) is 11.5 Å². The number of fused-ring (bicyclic) bond motifs is 2. The molecule has 0 aliphatic carbocycles. The number of nitrogens with one attached hydrogen (secondary N) is 1. The molecule has 1 aromatic carbocycles. The quantitative estimate of drug-likeness (QED) is 0.907. The Kier molecular flexibility index (Phi) is 2.72. The Labute approximate surface area is 122 Å². The van der Waals surface area contributed by atoms with Crippen molar-refractivity contribution < 1.29 is 17.9 Å². The van der Waals surface area contributed by atoms with E-state index in [0.717, 1.165) is 16.5 Å². The second kappa shape index (κ2) is 4.49. The number of hydrogen-bond acceptors (Lipinski definition) is 6. The lowest BCUT2D eigenvalue weighted by atomic mass is 10.1. The van der Waals surface area contributed by atoms with Crippen molar-refractivity contribution in [1.82, 2.24) is 4.98 Å². The highest BCUT2D eigenvalue weighted by Crippen LogP contribution is 2.38. The summed E-state index contributed by atoms with van der Waals surface area (Å²) in [6, 6.07) is 5.61. The Balaban J connectivity index is 1.72. The zero-order chi connectivity index (χ0) is 14.4. The number of hydrogen-bond donors (Lipinski definition) is 1. The summed E-state index contributed by atoms with van der Waals surface area (Å²) < 4.78 is 33.9. The van der Waals surface area contributed by atoms with Gasteiger partial charge in [0, 0.05) is 17.6 Å². The van der Waals surface area contributed by atoms with Gasteiger partial charge in [-0.3, -0.25) is 0 Å². The molecule has 0 radical (unpaired) electrons. The number of ether oxygens (including phenoxy) is 2. The molecule has 1 aromatic heterocycles. The molecule has 4 rings (SSSR count). The van der Waals surface area contributed by atoms with Crippen LogP contribution in [0.4, 0.5) is 5.82 Å². The number of anilines is 1. The second-order valence-electron chi connectivity index (χ2n) is 5.33. The molecule has 1 atom stereocenters. The van der Waals surface area contributed by atoms with E-state index < -0.39 is 9.84 Å². The van der Waals surface area contributed by atoms with Gasteiger partial charge < -0.3 is 14.8 Å². The third kappa shape index (κ3) is 2.27. The first-order chi connectivity index (χ1) is 10.1. The van der Waals surface area contributed by atoms with E-state index in [1.54, 1.807) is 6.20 Å². The van der Waals surface area contributed by atoms with E-state index in [0.29, 0.717) is 18.0 Å². The van der Waals surface area contributed by atoms with Crippen LogP contribution in [0, 0.1) is 0 Å². The Morgan fingerprint density at radius 2 is 2.05 bits per heavy atom. The van der Waals surface area contributed by atoms with Gasteiger partial charge in [-0.25, -0.2) is 13.4 Å². The molecule has 3 heterocycles. The van der Waals surface area contributed by atoms with Crippen molar-refractivity contribution in [3.05, 3.63) is 24.4 Å². The average molecular weight is 306 g/mol. The molecule has 1 saturated heterocycles. The minimum Gasteiger partial charge on any atom is -0.454 e. The second-order valence-corrected chi connectivity index (χ2v) is 7.56. The van der Waals surface area contributed by atoms with Gasteiger partial charge in [-0.15, -0.1) is 0 Å². The number of rotatable bonds is 2. The molecule has 1 unspecified atom stereocenters. The maximum Gasteiger partial charge on any atom is 0.231 e. The summed E-state index contributed by atoms with van der Waals surface area (Å²) in [5.74, 6) is 2.51. The Bertz CT molecular complexity index is 819. The molecule has 2 aliphatic heterocycles. The minimum absolute atomic E-state index is 0.0847. The third-order valence-corrected chi connectivity index (χ3v) is 5.60. The predicted octanol–water partition coefficient (Wildman–Crippen LogP) is 1.56. The normalized spacial score (nSPS) is 22.6. The van der Waals surface area contributed by atoms with Gasteiger partial charge in [-0.1, -0.05) is 0 Å². The van der Waals surface area contributed by atoms with Crippen molar-refractivity contribution >= 4 is 26.4 Å². The van der Waals surface area contributed by atoms with Crippen LogP contribution in [0.1, 0.15) is 6.42 Å². The van der Waals surface area contributed by atoms with Crippen LogP contribution >= 0.6 is 0 Å². The number of nitrogens with zero attached hydrogens (tertiary/aromatic N) is 1.